The molecule has 0 unspecified atom stereocenters. The standard InChI is InChI=1S/C16H19N3O2/c1-10-15(11(2)18-17-10)16(21)19(13-6-7-13)9-12-4-3-5-14(20)8-12/h3-5,8,13,20H,6-7,9H2,1-2H3,(H,17,18). The van der Waals surface area contributed by atoms with E-state index in [9.17, 15) is 9.90 Å². The van der Waals surface area contributed by atoms with Gasteiger partial charge in [-0.1, -0.05) is 12.1 Å². The van der Waals surface area contributed by atoms with Crippen molar-refractivity contribution in [2.75, 3.05) is 0 Å². The maximum Gasteiger partial charge on any atom is 0.258 e. The van der Waals surface area contributed by atoms with Crippen molar-refractivity contribution in [2.24, 2.45) is 0 Å². The second kappa shape index (κ2) is 5.24. The number of phenolic OH excluding ortho intramolecular Hbond substituents is 1. The first-order valence-corrected chi connectivity index (χ1v) is 7.16. The lowest BCUT2D eigenvalue weighted by atomic mass is 10.1. The van der Waals surface area contributed by atoms with Crippen LogP contribution in [-0.4, -0.2) is 32.2 Å². The number of H-pyrrole nitrogens is 1. The molecule has 1 amide bonds. The zero-order valence-corrected chi connectivity index (χ0v) is 12.3. The van der Waals surface area contributed by atoms with E-state index in [2.05, 4.69) is 10.2 Å². The second-order valence-electron chi connectivity index (χ2n) is 5.64. The topological polar surface area (TPSA) is 69.2 Å². The largest absolute Gasteiger partial charge is 0.508 e. The number of aromatic nitrogens is 2. The summed E-state index contributed by atoms with van der Waals surface area (Å²) in [7, 11) is 0. The molecule has 0 radical (unpaired) electrons. The van der Waals surface area contributed by atoms with Crippen LogP contribution in [0.5, 0.6) is 5.75 Å². The van der Waals surface area contributed by atoms with Crippen molar-refractivity contribution in [1.29, 1.82) is 0 Å². The molecule has 0 aliphatic heterocycles. The van der Waals surface area contributed by atoms with E-state index in [0.29, 0.717) is 18.2 Å². The molecule has 1 saturated carbocycles. The minimum absolute atomic E-state index is 0.0181. The van der Waals surface area contributed by atoms with Gasteiger partial charge in [-0.15, -0.1) is 0 Å². The van der Waals surface area contributed by atoms with Crippen LogP contribution in [0.25, 0.3) is 0 Å². The maximum atomic E-state index is 12.8. The number of hydrogen-bond donors (Lipinski definition) is 2. The van der Waals surface area contributed by atoms with Crippen LogP contribution in [0.15, 0.2) is 24.3 Å². The Morgan fingerprint density at radius 3 is 2.76 bits per heavy atom. The van der Waals surface area contributed by atoms with Gasteiger partial charge in [0.25, 0.3) is 5.91 Å². The molecule has 5 heteroatoms. The summed E-state index contributed by atoms with van der Waals surface area (Å²) in [5.41, 5.74) is 3.15. The number of aromatic hydroxyl groups is 1. The molecule has 0 atom stereocenters. The number of amides is 1. The molecule has 0 spiro atoms. The van der Waals surface area contributed by atoms with E-state index in [4.69, 9.17) is 0 Å². The van der Waals surface area contributed by atoms with Gasteiger partial charge in [-0.3, -0.25) is 9.89 Å². The molecule has 2 N–H and O–H groups in total. The highest BCUT2D eigenvalue weighted by molar-refractivity contribution is 5.96. The zero-order valence-electron chi connectivity index (χ0n) is 12.3. The van der Waals surface area contributed by atoms with Crippen LogP contribution >= 0.6 is 0 Å². The number of rotatable bonds is 4. The second-order valence-corrected chi connectivity index (χ2v) is 5.64. The van der Waals surface area contributed by atoms with Crippen LogP contribution in [0.2, 0.25) is 0 Å². The summed E-state index contributed by atoms with van der Waals surface area (Å²) >= 11 is 0. The Morgan fingerprint density at radius 1 is 1.43 bits per heavy atom. The fourth-order valence-corrected chi connectivity index (χ4v) is 2.61. The van der Waals surface area contributed by atoms with Crippen LogP contribution in [0.3, 0.4) is 0 Å². The van der Waals surface area contributed by atoms with E-state index in [1.165, 1.54) is 0 Å². The number of aryl methyl sites for hydroxylation is 2. The lowest BCUT2D eigenvalue weighted by Gasteiger charge is -2.23. The third-order valence-corrected chi connectivity index (χ3v) is 3.85. The Kier molecular flexibility index (Phi) is 3.41. The number of nitrogens with zero attached hydrogens (tertiary/aromatic N) is 2. The Hall–Kier alpha value is -2.30. The number of benzene rings is 1. The van der Waals surface area contributed by atoms with E-state index < -0.39 is 0 Å². The minimum Gasteiger partial charge on any atom is -0.508 e. The number of carbonyl (C=O) groups excluding carboxylic acids is 1. The van der Waals surface area contributed by atoms with Crippen molar-refractivity contribution in [2.45, 2.75) is 39.3 Å². The van der Waals surface area contributed by atoms with Crippen molar-refractivity contribution in [3.8, 4) is 5.75 Å². The summed E-state index contributed by atoms with van der Waals surface area (Å²) in [6, 6.07) is 7.37. The Morgan fingerprint density at radius 2 is 2.19 bits per heavy atom. The van der Waals surface area contributed by atoms with Gasteiger partial charge in [0, 0.05) is 18.3 Å². The highest BCUT2D eigenvalue weighted by Crippen LogP contribution is 2.31. The smallest absolute Gasteiger partial charge is 0.258 e. The third kappa shape index (κ3) is 2.77. The van der Waals surface area contributed by atoms with Gasteiger partial charge in [0.15, 0.2) is 0 Å². The van der Waals surface area contributed by atoms with E-state index in [-0.39, 0.29) is 11.7 Å². The van der Waals surface area contributed by atoms with Crippen LogP contribution in [0.4, 0.5) is 0 Å². The van der Waals surface area contributed by atoms with Gasteiger partial charge in [0.1, 0.15) is 5.75 Å². The molecule has 1 heterocycles. The zero-order chi connectivity index (χ0) is 15.0. The monoisotopic (exact) mass is 285 g/mol. The molecule has 1 fully saturated rings. The summed E-state index contributed by atoms with van der Waals surface area (Å²) in [6.45, 7) is 4.23. The Balaban J connectivity index is 1.87. The van der Waals surface area contributed by atoms with E-state index in [1.54, 1.807) is 18.2 Å². The Labute approximate surface area is 123 Å². The number of hydrogen-bond acceptors (Lipinski definition) is 3. The summed E-state index contributed by atoms with van der Waals surface area (Å²) in [5.74, 6) is 0.246. The normalized spacial score (nSPS) is 14.2. The van der Waals surface area contributed by atoms with Gasteiger partial charge >= 0.3 is 0 Å². The molecule has 3 rings (SSSR count). The number of carbonyl (C=O) groups is 1. The van der Waals surface area contributed by atoms with Gasteiger partial charge in [-0.05, 0) is 44.4 Å². The van der Waals surface area contributed by atoms with Crippen molar-refractivity contribution in [1.82, 2.24) is 15.1 Å². The summed E-state index contributed by atoms with van der Waals surface area (Å²) < 4.78 is 0. The van der Waals surface area contributed by atoms with Gasteiger partial charge in [-0.2, -0.15) is 5.10 Å². The molecule has 1 aromatic carbocycles. The van der Waals surface area contributed by atoms with Gasteiger partial charge in [0.05, 0.1) is 11.3 Å². The average Bonchev–Trinajstić information content (AvgIpc) is 3.22. The number of aromatic amines is 1. The molecule has 1 aliphatic rings. The van der Waals surface area contributed by atoms with E-state index in [0.717, 1.165) is 29.8 Å². The predicted molar refractivity (Wildman–Crippen MR) is 79.1 cm³/mol. The lowest BCUT2D eigenvalue weighted by Crippen LogP contribution is -2.33. The van der Waals surface area contributed by atoms with E-state index >= 15 is 0 Å². The van der Waals surface area contributed by atoms with Crippen LogP contribution < -0.4 is 0 Å². The first-order chi connectivity index (χ1) is 10.1. The van der Waals surface area contributed by atoms with Gasteiger partial charge < -0.3 is 10.0 Å². The highest BCUT2D eigenvalue weighted by Gasteiger charge is 2.34. The maximum absolute atomic E-state index is 12.8. The molecule has 110 valence electrons. The molecule has 0 saturated heterocycles. The molecule has 1 aliphatic carbocycles. The fraction of sp³-hybridized carbons (Fsp3) is 0.375. The molecule has 21 heavy (non-hydrogen) atoms. The Bertz CT molecular complexity index is 654. The van der Waals surface area contributed by atoms with Crippen LogP contribution in [0, 0.1) is 13.8 Å². The first-order valence-electron chi connectivity index (χ1n) is 7.16. The van der Waals surface area contributed by atoms with Crippen LogP contribution in [-0.2, 0) is 6.54 Å². The van der Waals surface area contributed by atoms with Crippen LogP contribution in [0.1, 0.15) is 40.2 Å². The predicted octanol–water partition coefficient (Wildman–Crippen LogP) is 2.54. The van der Waals surface area contributed by atoms with Crippen molar-refractivity contribution in [3.05, 3.63) is 46.8 Å². The summed E-state index contributed by atoms with van der Waals surface area (Å²) in [5, 5.41) is 16.5. The SMILES string of the molecule is Cc1n[nH]c(C)c1C(=O)N(Cc1cccc(O)c1)C1CC1. The molecule has 2 aromatic rings. The first kappa shape index (κ1) is 13.7. The number of phenols is 1. The summed E-state index contributed by atoms with van der Waals surface area (Å²) in [6.07, 6.45) is 2.08. The molecule has 1 aromatic heterocycles. The average molecular weight is 285 g/mol. The highest BCUT2D eigenvalue weighted by atomic mass is 16.3. The quantitative estimate of drug-likeness (QED) is 0.907. The summed E-state index contributed by atoms with van der Waals surface area (Å²) in [4.78, 5) is 14.7. The molecule has 0 bridgehead atoms. The molecular formula is C16H19N3O2. The third-order valence-electron chi connectivity index (χ3n) is 3.85. The minimum atomic E-state index is 0.0181. The van der Waals surface area contributed by atoms with Crippen molar-refractivity contribution >= 4 is 5.91 Å². The van der Waals surface area contributed by atoms with Gasteiger partial charge in [0.2, 0.25) is 0 Å². The van der Waals surface area contributed by atoms with Crippen molar-refractivity contribution < 1.29 is 9.90 Å². The number of nitrogens with one attached hydrogen (secondary N) is 1. The molecule has 5 nitrogen and oxygen atoms in total. The molecular weight excluding hydrogens is 266 g/mol. The lowest BCUT2D eigenvalue weighted by molar-refractivity contribution is 0.0728. The van der Waals surface area contributed by atoms with E-state index in [1.807, 2.05) is 24.8 Å². The van der Waals surface area contributed by atoms with Gasteiger partial charge in [-0.25, -0.2) is 0 Å². The van der Waals surface area contributed by atoms with Crippen molar-refractivity contribution in [3.63, 3.8) is 0 Å². The fourth-order valence-electron chi connectivity index (χ4n) is 2.61.